The van der Waals surface area contributed by atoms with Crippen LogP contribution in [0.25, 0.3) is 11.0 Å². The van der Waals surface area contributed by atoms with E-state index in [2.05, 4.69) is 38.1 Å². The van der Waals surface area contributed by atoms with Gasteiger partial charge in [-0.3, -0.25) is 4.98 Å². The molecule has 0 saturated heterocycles. The molecule has 3 aromatic heterocycles. The molecule has 0 aliphatic carbocycles. The van der Waals surface area contributed by atoms with Gasteiger partial charge in [0, 0.05) is 41.1 Å². The molecule has 0 bridgehead atoms. The lowest BCUT2D eigenvalue weighted by molar-refractivity contribution is 0.908. The lowest BCUT2D eigenvalue weighted by Crippen LogP contribution is -1.96. The second-order valence-electron chi connectivity index (χ2n) is 6.02. The molecule has 1 N–H and O–H groups in total. The minimum atomic E-state index is 0.811. The molecule has 124 valence electrons. The van der Waals surface area contributed by atoms with E-state index < -0.39 is 0 Å². The summed E-state index contributed by atoms with van der Waals surface area (Å²) >= 11 is 6.21. The zero-order valence-electron chi connectivity index (χ0n) is 13.6. The van der Waals surface area contributed by atoms with Crippen LogP contribution < -0.4 is 0 Å². The average Bonchev–Trinajstić information content (AvgIpc) is 3.05. The van der Waals surface area contributed by atoms with Crippen LogP contribution in [0.1, 0.15) is 22.4 Å². The number of aromatic nitrogens is 4. The molecule has 0 spiro atoms. The first kappa shape index (κ1) is 15.8. The number of rotatable bonds is 5. The summed E-state index contributed by atoms with van der Waals surface area (Å²) in [6, 6.07) is 12.2. The average molecular weight is 349 g/mol. The van der Waals surface area contributed by atoms with Gasteiger partial charge in [0.25, 0.3) is 0 Å². The highest BCUT2D eigenvalue weighted by Gasteiger charge is 2.06. The van der Waals surface area contributed by atoms with Crippen LogP contribution in [0, 0.1) is 0 Å². The summed E-state index contributed by atoms with van der Waals surface area (Å²) in [5.41, 5.74) is 5.46. The highest BCUT2D eigenvalue weighted by molar-refractivity contribution is 6.31. The highest BCUT2D eigenvalue weighted by Crippen LogP contribution is 2.19. The molecule has 0 unspecified atom stereocenters. The van der Waals surface area contributed by atoms with Crippen molar-refractivity contribution < 1.29 is 0 Å². The third-order valence-corrected chi connectivity index (χ3v) is 4.70. The lowest BCUT2D eigenvalue weighted by Gasteiger charge is -2.05. The predicted octanol–water partition coefficient (Wildman–Crippen LogP) is 4.38. The molecule has 0 aliphatic rings. The predicted molar refractivity (Wildman–Crippen MR) is 99.8 cm³/mol. The lowest BCUT2D eigenvalue weighted by atomic mass is 10.1. The first-order chi connectivity index (χ1) is 12.3. The van der Waals surface area contributed by atoms with Crippen molar-refractivity contribution in [3.63, 3.8) is 0 Å². The van der Waals surface area contributed by atoms with E-state index in [-0.39, 0.29) is 0 Å². The van der Waals surface area contributed by atoms with Gasteiger partial charge in [-0.15, -0.1) is 0 Å². The number of H-pyrrole nitrogens is 1. The van der Waals surface area contributed by atoms with Crippen molar-refractivity contribution in [1.82, 2.24) is 19.9 Å². The van der Waals surface area contributed by atoms with Crippen LogP contribution in [0.15, 0.2) is 61.3 Å². The van der Waals surface area contributed by atoms with E-state index in [4.69, 9.17) is 11.6 Å². The third kappa shape index (κ3) is 3.54. The Morgan fingerprint density at radius 3 is 2.68 bits per heavy atom. The smallest absolute Gasteiger partial charge is 0.140 e. The Morgan fingerprint density at radius 2 is 1.84 bits per heavy atom. The number of aromatic amines is 1. The van der Waals surface area contributed by atoms with Crippen LogP contribution in [0.4, 0.5) is 0 Å². The van der Waals surface area contributed by atoms with Gasteiger partial charge < -0.3 is 4.98 Å². The molecular formula is C20H17ClN4. The quantitative estimate of drug-likeness (QED) is 0.582. The van der Waals surface area contributed by atoms with Gasteiger partial charge in [-0.1, -0.05) is 35.9 Å². The Bertz CT molecular complexity index is 992. The largest absolute Gasteiger partial charge is 0.346 e. The van der Waals surface area contributed by atoms with Crippen LogP contribution >= 0.6 is 11.6 Å². The minimum absolute atomic E-state index is 0.811. The van der Waals surface area contributed by atoms with Crippen molar-refractivity contribution in [2.75, 3.05) is 0 Å². The van der Waals surface area contributed by atoms with Gasteiger partial charge in [-0.2, -0.15) is 0 Å². The summed E-state index contributed by atoms with van der Waals surface area (Å²) in [7, 11) is 0. The maximum atomic E-state index is 6.21. The zero-order chi connectivity index (χ0) is 17.1. The van der Waals surface area contributed by atoms with E-state index in [1.54, 1.807) is 6.33 Å². The van der Waals surface area contributed by atoms with Crippen LogP contribution in [-0.2, 0) is 19.3 Å². The van der Waals surface area contributed by atoms with E-state index in [9.17, 15) is 0 Å². The first-order valence-electron chi connectivity index (χ1n) is 8.23. The Kier molecular flexibility index (Phi) is 4.44. The Balaban J connectivity index is 1.44. The highest BCUT2D eigenvalue weighted by atomic mass is 35.5. The molecule has 0 saturated carbocycles. The summed E-state index contributed by atoms with van der Waals surface area (Å²) in [5, 5.41) is 1.88. The standard InChI is InChI=1S/C20H17ClN4/c21-19-4-2-1-3-15(19)6-8-17-7-5-14(10-23-17)9-16-11-24-20-18(16)12-22-13-25-20/h1-5,7,10-13H,6,8-9H2,(H,22,24,25). The van der Waals surface area contributed by atoms with E-state index in [1.807, 2.05) is 36.8 Å². The fourth-order valence-electron chi connectivity index (χ4n) is 2.95. The molecule has 0 fully saturated rings. The first-order valence-corrected chi connectivity index (χ1v) is 8.60. The van der Waals surface area contributed by atoms with Gasteiger partial charge in [0.1, 0.15) is 12.0 Å². The molecule has 3 heterocycles. The number of benzene rings is 1. The molecule has 4 rings (SSSR count). The van der Waals surface area contributed by atoms with E-state index in [0.29, 0.717) is 0 Å². The van der Waals surface area contributed by atoms with Gasteiger partial charge in [0.2, 0.25) is 0 Å². The second-order valence-corrected chi connectivity index (χ2v) is 6.43. The molecule has 4 aromatic rings. The van der Waals surface area contributed by atoms with Crippen molar-refractivity contribution in [3.05, 3.63) is 88.7 Å². The number of nitrogens with one attached hydrogen (secondary N) is 1. The molecule has 4 nitrogen and oxygen atoms in total. The van der Waals surface area contributed by atoms with Gasteiger partial charge in [0.15, 0.2) is 0 Å². The van der Waals surface area contributed by atoms with Crippen LogP contribution in [-0.4, -0.2) is 19.9 Å². The molecule has 0 radical (unpaired) electrons. The molecule has 0 aliphatic heterocycles. The normalized spacial score (nSPS) is 11.1. The van der Waals surface area contributed by atoms with Gasteiger partial charge in [0.05, 0.1) is 0 Å². The van der Waals surface area contributed by atoms with Crippen molar-refractivity contribution >= 4 is 22.6 Å². The summed E-state index contributed by atoms with van der Waals surface area (Å²) in [6.07, 6.45) is 9.93. The SMILES string of the molecule is Clc1ccccc1CCc1ccc(Cc2c[nH]c3ncncc23)cn1. The van der Waals surface area contributed by atoms with Crippen molar-refractivity contribution in [2.24, 2.45) is 0 Å². The zero-order valence-corrected chi connectivity index (χ0v) is 14.4. The molecule has 0 atom stereocenters. The van der Waals surface area contributed by atoms with Gasteiger partial charge in [-0.05, 0) is 41.7 Å². The fourth-order valence-corrected chi connectivity index (χ4v) is 3.18. The topological polar surface area (TPSA) is 54.5 Å². The van der Waals surface area contributed by atoms with Crippen LogP contribution in [0.3, 0.4) is 0 Å². The number of halogens is 1. The van der Waals surface area contributed by atoms with Crippen molar-refractivity contribution in [3.8, 4) is 0 Å². The van der Waals surface area contributed by atoms with E-state index in [1.165, 1.54) is 11.1 Å². The number of hydrogen-bond donors (Lipinski definition) is 1. The number of nitrogens with zero attached hydrogens (tertiary/aromatic N) is 3. The fraction of sp³-hybridized carbons (Fsp3) is 0.150. The summed E-state index contributed by atoms with van der Waals surface area (Å²) in [5.74, 6) is 0. The Morgan fingerprint density at radius 1 is 0.920 bits per heavy atom. The maximum absolute atomic E-state index is 6.21. The van der Waals surface area contributed by atoms with Crippen molar-refractivity contribution in [1.29, 1.82) is 0 Å². The monoisotopic (exact) mass is 348 g/mol. The minimum Gasteiger partial charge on any atom is -0.346 e. The number of pyridine rings is 1. The maximum Gasteiger partial charge on any atom is 0.140 e. The molecule has 25 heavy (non-hydrogen) atoms. The number of hydrogen-bond acceptors (Lipinski definition) is 3. The summed E-state index contributed by atoms with van der Waals surface area (Å²) < 4.78 is 0. The van der Waals surface area contributed by atoms with Gasteiger partial charge >= 0.3 is 0 Å². The molecule has 1 aromatic carbocycles. The Labute approximate surface area is 150 Å². The van der Waals surface area contributed by atoms with E-state index >= 15 is 0 Å². The number of fused-ring (bicyclic) bond motifs is 1. The summed E-state index contributed by atoms with van der Waals surface area (Å²) in [4.78, 5) is 16.1. The molecule has 0 amide bonds. The second kappa shape index (κ2) is 7.03. The molecule has 5 heteroatoms. The third-order valence-electron chi connectivity index (χ3n) is 4.33. The summed E-state index contributed by atoms with van der Waals surface area (Å²) in [6.45, 7) is 0. The van der Waals surface area contributed by atoms with Crippen molar-refractivity contribution in [2.45, 2.75) is 19.3 Å². The van der Waals surface area contributed by atoms with Crippen LogP contribution in [0.5, 0.6) is 0 Å². The van der Waals surface area contributed by atoms with E-state index in [0.717, 1.165) is 46.6 Å². The number of aryl methyl sites for hydroxylation is 2. The molecular weight excluding hydrogens is 332 g/mol. The van der Waals surface area contributed by atoms with Crippen LogP contribution in [0.2, 0.25) is 5.02 Å². The van der Waals surface area contributed by atoms with Gasteiger partial charge in [-0.25, -0.2) is 9.97 Å². The Hall–Kier alpha value is -2.72.